The molecule has 0 radical (unpaired) electrons. The van der Waals surface area contributed by atoms with E-state index in [1.165, 1.54) is 11.1 Å². The standard InChI is InChI=1S/C52H50O5S2/c53-31-11-23-41-37-19-7-9-21-39(37)43(25-13-33-55)49-45(41)27-29-47(58-35-15-3-1-4-16-35)51(49)57-52-48(59-36-17-5-2-6-18-36)30-28-46-42(24-12-32-54)38-20-8-10-22-40(38)44(50(46)52)26-14-34-56/h1-10,15-22,27-30,53-56H,11-14,23-26,31-34H2. The van der Waals surface area contributed by atoms with Crippen molar-refractivity contribution in [2.24, 2.45) is 0 Å². The van der Waals surface area contributed by atoms with Gasteiger partial charge in [-0.15, -0.1) is 0 Å². The third-order valence-electron chi connectivity index (χ3n) is 11.1. The molecule has 0 saturated carbocycles. The van der Waals surface area contributed by atoms with Crippen LogP contribution in [0.3, 0.4) is 0 Å². The van der Waals surface area contributed by atoms with Crippen molar-refractivity contribution in [3.63, 3.8) is 0 Å². The van der Waals surface area contributed by atoms with E-state index in [2.05, 4.69) is 121 Å². The van der Waals surface area contributed by atoms with Crippen LogP contribution in [0.15, 0.2) is 153 Å². The first-order valence-electron chi connectivity index (χ1n) is 20.7. The van der Waals surface area contributed by atoms with Crippen molar-refractivity contribution in [1.29, 1.82) is 0 Å². The lowest BCUT2D eigenvalue weighted by Gasteiger charge is -2.25. The number of fused-ring (bicyclic) bond motifs is 4. The predicted molar refractivity (Wildman–Crippen MR) is 246 cm³/mol. The van der Waals surface area contributed by atoms with Crippen molar-refractivity contribution in [2.75, 3.05) is 26.4 Å². The molecule has 0 amide bonds. The Morgan fingerprint density at radius 3 is 1.02 bits per heavy atom. The number of rotatable bonds is 18. The predicted octanol–water partition coefficient (Wildman–Crippen LogP) is 12.1. The van der Waals surface area contributed by atoms with Crippen LogP contribution in [0, 0.1) is 0 Å². The van der Waals surface area contributed by atoms with Crippen LogP contribution in [0.2, 0.25) is 0 Å². The van der Waals surface area contributed by atoms with E-state index in [0.717, 1.165) is 85.3 Å². The Morgan fingerprint density at radius 2 is 0.661 bits per heavy atom. The van der Waals surface area contributed by atoms with Crippen molar-refractivity contribution in [1.82, 2.24) is 0 Å². The molecule has 59 heavy (non-hydrogen) atoms. The molecule has 8 rings (SSSR count). The van der Waals surface area contributed by atoms with Crippen LogP contribution >= 0.6 is 23.5 Å². The lowest BCUT2D eigenvalue weighted by molar-refractivity contribution is 0.288. The molecule has 8 aromatic carbocycles. The summed E-state index contributed by atoms with van der Waals surface area (Å²) in [5.41, 5.74) is 4.62. The summed E-state index contributed by atoms with van der Waals surface area (Å²) >= 11 is 3.36. The van der Waals surface area contributed by atoms with Crippen LogP contribution in [-0.2, 0) is 25.7 Å². The Kier molecular flexibility index (Phi) is 13.5. The van der Waals surface area contributed by atoms with Gasteiger partial charge in [0.25, 0.3) is 0 Å². The molecule has 0 saturated heterocycles. The fourth-order valence-electron chi connectivity index (χ4n) is 8.59. The molecule has 0 aliphatic rings. The van der Waals surface area contributed by atoms with Gasteiger partial charge in [-0.05, 0) is 142 Å². The van der Waals surface area contributed by atoms with Crippen LogP contribution in [0.25, 0.3) is 43.1 Å². The highest BCUT2D eigenvalue weighted by Crippen LogP contribution is 2.52. The zero-order valence-electron chi connectivity index (χ0n) is 33.2. The van der Waals surface area contributed by atoms with E-state index in [1.807, 2.05) is 12.1 Å². The van der Waals surface area contributed by atoms with Crippen LogP contribution in [0.1, 0.15) is 47.9 Å². The van der Waals surface area contributed by atoms with Crippen molar-refractivity contribution in [2.45, 2.75) is 70.9 Å². The summed E-state index contributed by atoms with van der Waals surface area (Å²) in [5.74, 6) is 1.53. The van der Waals surface area contributed by atoms with Gasteiger partial charge in [-0.25, -0.2) is 0 Å². The van der Waals surface area contributed by atoms with Gasteiger partial charge in [0, 0.05) is 47.0 Å². The van der Waals surface area contributed by atoms with Crippen molar-refractivity contribution < 1.29 is 25.2 Å². The molecule has 8 aromatic rings. The first-order valence-corrected chi connectivity index (χ1v) is 22.3. The number of hydrogen-bond donors (Lipinski definition) is 4. The van der Waals surface area contributed by atoms with E-state index >= 15 is 0 Å². The molecule has 0 bridgehead atoms. The van der Waals surface area contributed by atoms with Gasteiger partial charge in [-0.3, -0.25) is 0 Å². The van der Waals surface area contributed by atoms with E-state index in [1.54, 1.807) is 23.5 Å². The summed E-state index contributed by atoms with van der Waals surface area (Å²) < 4.78 is 7.80. The van der Waals surface area contributed by atoms with Crippen LogP contribution < -0.4 is 4.74 Å². The van der Waals surface area contributed by atoms with Crippen LogP contribution in [-0.4, -0.2) is 46.9 Å². The summed E-state index contributed by atoms with van der Waals surface area (Å²) in [6, 6.07) is 46.7. The fourth-order valence-corrected chi connectivity index (χ4v) is 10.4. The molecule has 0 heterocycles. The number of ether oxygens (including phenoxy) is 1. The average molecular weight is 819 g/mol. The average Bonchev–Trinajstić information content (AvgIpc) is 3.28. The molecule has 0 fully saturated rings. The highest BCUT2D eigenvalue weighted by atomic mass is 32.2. The summed E-state index contributed by atoms with van der Waals surface area (Å²) in [6.45, 7) is 0.310. The van der Waals surface area contributed by atoms with E-state index < -0.39 is 0 Å². The summed E-state index contributed by atoms with van der Waals surface area (Å²) in [4.78, 5) is 4.13. The Labute approximate surface area is 354 Å². The van der Waals surface area contributed by atoms with Gasteiger partial charge >= 0.3 is 0 Å². The van der Waals surface area contributed by atoms with Gasteiger partial charge in [0.05, 0.1) is 9.79 Å². The minimum absolute atomic E-state index is 0.0653. The maximum Gasteiger partial charge on any atom is 0.149 e. The third kappa shape index (κ3) is 8.60. The number of aryl methyl sites for hydroxylation is 4. The van der Waals surface area contributed by atoms with E-state index in [9.17, 15) is 20.4 Å². The van der Waals surface area contributed by atoms with E-state index in [-0.39, 0.29) is 26.4 Å². The smallest absolute Gasteiger partial charge is 0.149 e. The highest BCUT2D eigenvalue weighted by Gasteiger charge is 2.25. The van der Waals surface area contributed by atoms with E-state index in [0.29, 0.717) is 51.4 Å². The largest absolute Gasteiger partial charge is 0.454 e. The highest BCUT2D eigenvalue weighted by molar-refractivity contribution is 7.99. The molecule has 0 spiro atoms. The molecular formula is C52H50O5S2. The van der Waals surface area contributed by atoms with Gasteiger partial charge in [-0.1, -0.05) is 121 Å². The SMILES string of the molecule is OCCCc1c2ccccc2c(CCCO)c2c(Oc3c(Sc4ccccc4)ccc4c(CCCO)c5ccccc5c(CCCO)c34)c(Sc3ccccc3)ccc12. The normalized spacial score (nSPS) is 11.7. The minimum atomic E-state index is 0.0653. The second-order valence-corrected chi connectivity index (χ2v) is 17.1. The second-order valence-electron chi connectivity index (χ2n) is 14.9. The monoisotopic (exact) mass is 818 g/mol. The number of aliphatic hydroxyl groups is 4. The number of benzene rings is 8. The maximum atomic E-state index is 10.3. The lowest BCUT2D eigenvalue weighted by Crippen LogP contribution is -2.03. The molecule has 7 heteroatoms. The van der Waals surface area contributed by atoms with Gasteiger partial charge in [0.2, 0.25) is 0 Å². The maximum absolute atomic E-state index is 10.3. The van der Waals surface area contributed by atoms with Gasteiger partial charge in [0.1, 0.15) is 11.5 Å². The molecule has 300 valence electrons. The van der Waals surface area contributed by atoms with Crippen molar-refractivity contribution in [3.8, 4) is 11.5 Å². The van der Waals surface area contributed by atoms with E-state index in [4.69, 9.17) is 4.74 Å². The quantitative estimate of drug-likeness (QED) is 0.0641. The Morgan fingerprint density at radius 1 is 0.339 bits per heavy atom. The van der Waals surface area contributed by atoms with Crippen LogP contribution in [0.5, 0.6) is 11.5 Å². The first kappa shape index (κ1) is 40.9. The molecule has 4 N–H and O–H groups in total. The van der Waals surface area contributed by atoms with Crippen molar-refractivity contribution >= 4 is 66.6 Å². The fraction of sp³-hybridized carbons (Fsp3) is 0.231. The Hall–Kier alpha value is -4.86. The van der Waals surface area contributed by atoms with Gasteiger partial charge < -0.3 is 25.2 Å². The topological polar surface area (TPSA) is 90.2 Å². The molecule has 0 aliphatic heterocycles. The molecule has 5 nitrogen and oxygen atoms in total. The summed E-state index contributed by atoms with van der Waals surface area (Å²) in [6.07, 6.45) is 5.17. The van der Waals surface area contributed by atoms with Gasteiger partial charge in [-0.2, -0.15) is 0 Å². The zero-order chi connectivity index (χ0) is 40.6. The number of aliphatic hydroxyl groups excluding tert-OH is 4. The third-order valence-corrected chi connectivity index (χ3v) is 13.2. The van der Waals surface area contributed by atoms with Crippen LogP contribution in [0.4, 0.5) is 0 Å². The molecule has 0 atom stereocenters. The molecule has 0 aliphatic carbocycles. The second kappa shape index (κ2) is 19.5. The first-order chi connectivity index (χ1) is 29.1. The zero-order valence-corrected chi connectivity index (χ0v) is 34.8. The number of hydrogen-bond acceptors (Lipinski definition) is 7. The van der Waals surface area contributed by atoms with Crippen molar-refractivity contribution in [3.05, 3.63) is 156 Å². The minimum Gasteiger partial charge on any atom is -0.454 e. The lowest BCUT2D eigenvalue weighted by atomic mass is 9.87. The van der Waals surface area contributed by atoms with Gasteiger partial charge in [0.15, 0.2) is 0 Å². The summed E-state index contributed by atoms with van der Waals surface area (Å²) in [7, 11) is 0. The molecule has 0 aromatic heterocycles. The molecule has 0 unspecified atom stereocenters. The summed E-state index contributed by atoms with van der Waals surface area (Å²) in [5, 5.41) is 49.5. The molecular weight excluding hydrogens is 769 g/mol. The Balaban J connectivity index is 1.51. The Bertz CT molecular complexity index is 2510.